The predicted octanol–water partition coefficient (Wildman–Crippen LogP) is 2.62. The summed E-state index contributed by atoms with van der Waals surface area (Å²) >= 11 is 1.39. The number of benzene rings is 1. The largest absolute Gasteiger partial charge is 0.350 e. The van der Waals surface area contributed by atoms with E-state index in [4.69, 9.17) is 0 Å². The van der Waals surface area contributed by atoms with E-state index in [0.29, 0.717) is 23.8 Å². The van der Waals surface area contributed by atoms with E-state index in [0.717, 1.165) is 11.3 Å². The molecule has 1 N–H and O–H groups in total. The molecule has 0 aliphatic carbocycles. The fourth-order valence-corrected chi connectivity index (χ4v) is 2.28. The summed E-state index contributed by atoms with van der Waals surface area (Å²) in [4.78, 5) is 20.4. The molecule has 1 aromatic carbocycles. The zero-order valence-electron chi connectivity index (χ0n) is 11.9. The lowest BCUT2D eigenvalue weighted by molar-refractivity contribution is 0.0948. The maximum absolute atomic E-state index is 13.0. The average molecular weight is 305 g/mol. The number of aryl methyl sites for hydroxylation is 1. The quantitative estimate of drug-likeness (QED) is 0.681. The maximum Gasteiger partial charge on any atom is 0.270 e. The Kier molecular flexibility index (Phi) is 5.27. The summed E-state index contributed by atoms with van der Waals surface area (Å²) in [5.41, 5.74) is 1.95. The van der Waals surface area contributed by atoms with E-state index in [9.17, 15) is 9.18 Å². The zero-order chi connectivity index (χ0) is 15.2. The van der Waals surface area contributed by atoms with Crippen LogP contribution in [0.4, 0.5) is 4.39 Å². The highest BCUT2D eigenvalue weighted by Crippen LogP contribution is 2.10. The maximum atomic E-state index is 13.0. The molecule has 110 valence electrons. The summed E-state index contributed by atoms with van der Waals surface area (Å²) in [6.07, 6.45) is 2.43. The van der Waals surface area contributed by atoms with Gasteiger partial charge in [-0.05, 0) is 43.4 Å². The fraction of sp³-hybridized carbons (Fsp3) is 0.267. The van der Waals surface area contributed by atoms with E-state index in [1.165, 1.54) is 23.9 Å². The van der Waals surface area contributed by atoms with Crippen molar-refractivity contribution in [3.8, 4) is 0 Å². The third kappa shape index (κ3) is 4.53. The molecule has 0 bridgehead atoms. The molecule has 4 nitrogen and oxygen atoms in total. The number of rotatable bonds is 5. The van der Waals surface area contributed by atoms with Crippen molar-refractivity contribution in [3.63, 3.8) is 0 Å². The predicted molar refractivity (Wildman–Crippen MR) is 81.0 cm³/mol. The van der Waals surface area contributed by atoms with E-state index in [1.54, 1.807) is 12.1 Å². The highest BCUT2D eigenvalue weighted by atomic mass is 32.2. The molecule has 0 spiro atoms. The van der Waals surface area contributed by atoms with Crippen molar-refractivity contribution in [1.29, 1.82) is 0 Å². The molecule has 0 radical (unpaired) electrons. The highest BCUT2D eigenvalue weighted by molar-refractivity contribution is 7.98. The van der Waals surface area contributed by atoms with Gasteiger partial charge in [-0.3, -0.25) is 4.79 Å². The molecular weight excluding hydrogens is 289 g/mol. The van der Waals surface area contributed by atoms with E-state index in [2.05, 4.69) is 15.3 Å². The Morgan fingerprint density at radius 2 is 2.14 bits per heavy atom. The van der Waals surface area contributed by atoms with Crippen molar-refractivity contribution in [3.05, 3.63) is 53.1 Å². The molecule has 1 heterocycles. The van der Waals surface area contributed by atoms with Crippen LogP contribution in [0.1, 0.15) is 21.7 Å². The zero-order valence-corrected chi connectivity index (χ0v) is 12.7. The molecule has 2 rings (SSSR count). The van der Waals surface area contributed by atoms with E-state index >= 15 is 0 Å². The SMILES string of the molecule is CSc1nc(C)cc(C(=O)NCCc2cccc(F)c2)n1. The van der Waals surface area contributed by atoms with Crippen molar-refractivity contribution in [2.75, 3.05) is 12.8 Å². The van der Waals surface area contributed by atoms with Crippen molar-refractivity contribution in [1.82, 2.24) is 15.3 Å². The van der Waals surface area contributed by atoms with Crippen LogP contribution >= 0.6 is 11.8 Å². The van der Waals surface area contributed by atoms with Gasteiger partial charge in [0.25, 0.3) is 5.91 Å². The first-order valence-electron chi connectivity index (χ1n) is 6.51. The van der Waals surface area contributed by atoms with Crippen LogP contribution in [0.3, 0.4) is 0 Å². The standard InChI is InChI=1S/C15H16FN3OS/c1-10-8-13(19-15(18-10)21-2)14(20)17-7-6-11-4-3-5-12(16)9-11/h3-5,8-9H,6-7H2,1-2H3,(H,17,20). The van der Waals surface area contributed by atoms with Crippen molar-refractivity contribution in [2.45, 2.75) is 18.5 Å². The molecule has 0 saturated carbocycles. The molecule has 0 saturated heterocycles. The normalized spacial score (nSPS) is 10.4. The summed E-state index contributed by atoms with van der Waals surface area (Å²) < 4.78 is 13.0. The van der Waals surface area contributed by atoms with Crippen molar-refractivity contribution in [2.24, 2.45) is 0 Å². The van der Waals surface area contributed by atoms with Gasteiger partial charge in [0.2, 0.25) is 0 Å². The second kappa shape index (κ2) is 7.17. The van der Waals surface area contributed by atoms with Crippen molar-refractivity contribution >= 4 is 17.7 Å². The number of halogens is 1. The lowest BCUT2D eigenvalue weighted by Crippen LogP contribution is -2.27. The van der Waals surface area contributed by atoms with Gasteiger partial charge in [-0.1, -0.05) is 23.9 Å². The molecule has 0 aliphatic heterocycles. The Hall–Kier alpha value is -1.95. The lowest BCUT2D eigenvalue weighted by Gasteiger charge is -2.06. The molecule has 1 aromatic heterocycles. The number of hydrogen-bond donors (Lipinski definition) is 1. The minimum atomic E-state index is -0.269. The van der Waals surface area contributed by atoms with Crippen LogP contribution in [0.2, 0.25) is 0 Å². The molecule has 1 amide bonds. The van der Waals surface area contributed by atoms with Gasteiger partial charge in [-0.25, -0.2) is 14.4 Å². The first-order valence-corrected chi connectivity index (χ1v) is 7.73. The molecule has 0 fully saturated rings. The average Bonchev–Trinajstić information content (AvgIpc) is 2.46. The second-order valence-electron chi connectivity index (χ2n) is 4.52. The van der Waals surface area contributed by atoms with Gasteiger partial charge in [0.1, 0.15) is 11.5 Å². The number of nitrogens with one attached hydrogen (secondary N) is 1. The van der Waals surface area contributed by atoms with E-state index in [1.807, 2.05) is 19.2 Å². The molecular formula is C15H16FN3OS. The topological polar surface area (TPSA) is 54.9 Å². The number of carbonyl (C=O) groups excluding carboxylic acids is 1. The summed E-state index contributed by atoms with van der Waals surface area (Å²) in [6.45, 7) is 2.25. The number of hydrogen-bond acceptors (Lipinski definition) is 4. The summed E-state index contributed by atoms with van der Waals surface area (Å²) in [5.74, 6) is -0.512. The second-order valence-corrected chi connectivity index (χ2v) is 5.29. The summed E-state index contributed by atoms with van der Waals surface area (Å²) in [5, 5.41) is 3.36. The molecule has 0 atom stereocenters. The van der Waals surface area contributed by atoms with Crippen LogP contribution in [0, 0.1) is 12.7 Å². The summed E-state index contributed by atoms with van der Waals surface area (Å²) in [7, 11) is 0. The third-order valence-corrected chi connectivity index (χ3v) is 3.38. The van der Waals surface area contributed by atoms with Crippen LogP contribution in [-0.4, -0.2) is 28.7 Å². The minimum Gasteiger partial charge on any atom is -0.350 e. The molecule has 0 unspecified atom stereocenters. The van der Waals surface area contributed by atoms with Crippen LogP contribution in [0.15, 0.2) is 35.5 Å². The van der Waals surface area contributed by atoms with Gasteiger partial charge < -0.3 is 5.32 Å². The Morgan fingerprint density at radius 1 is 1.33 bits per heavy atom. The van der Waals surface area contributed by atoms with Crippen molar-refractivity contribution < 1.29 is 9.18 Å². The number of amides is 1. The molecule has 2 aromatic rings. The lowest BCUT2D eigenvalue weighted by atomic mass is 10.1. The van der Waals surface area contributed by atoms with Crippen LogP contribution in [0.25, 0.3) is 0 Å². The summed E-state index contributed by atoms with van der Waals surface area (Å²) in [6, 6.07) is 8.00. The Balaban J connectivity index is 1.94. The van der Waals surface area contributed by atoms with Gasteiger partial charge in [-0.15, -0.1) is 0 Å². The Labute approximate surface area is 127 Å². The number of carbonyl (C=O) groups is 1. The van der Waals surface area contributed by atoms with Gasteiger partial charge >= 0.3 is 0 Å². The number of aromatic nitrogens is 2. The molecule has 21 heavy (non-hydrogen) atoms. The van der Waals surface area contributed by atoms with E-state index < -0.39 is 0 Å². The first kappa shape index (κ1) is 15.4. The van der Waals surface area contributed by atoms with E-state index in [-0.39, 0.29) is 11.7 Å². The molecule has 0 aliphatic rings. The smallest absolute Gasteiger partial charge is 0.270 e. The number of thioether (sulfide) groups is 1. The Morgan fingerprint density at radius 3 is 2.86 bits per heavy atom. The van der Waals surface area contributed by atoms with Crippen LogP contribution in [-0.2, 0) is 6.42 Å². The van der Waals surface area contributed by atoms with Gasteiger partial charge in [0, 0.05) is 12.2 Å². The minimum absolute atomic E-state index is 0.243. The third-order valence-electron chi connectivity index (χ3n) is 2.84. The highest BCUT2D eigenvalue weighted by Gasteiger charge is 2.09. The van der Waals surface area contributed by atoms with Gasteiger partial charge in [-0.2, -0.15) is 0 Å². The van der Waals surface area contributed by atoms with Crippen LogP contribution in [0.5, 0.6) is 0 Å². The molecule has 6 heteroatoms. The first-order chi connectivity index (χ1) is 10.1. The Bertz CT molecular complexity index is 649. The monoisotopic (exact) mass is 305 g/mol. The number of nitrogens with zero attached hydrogens (tertiary/aromatic N) is 2. The van der Waals surface area contributed by atoms with Gasteiger partial charge in [0.05, 0.1) is 0 Å². The van der Waals surface area contributed by atoms with Gasteiger partial charge in [0.15, 0.2) is 5.16 Å². The van der Waals surface area contributed by atoms with Crippen LogP contribution < -0.4 is 5.32 Å². The fourth-order valence-electron chi connectivity index (χ4n) is 1.85.